The highest BCUT2D eigenvalue weighted by molar-refractivity contribution is 7.99. The second kappa shape index (κ2) is 6.25. The molecule has 1 aliphatic rings. The van der Waals surface area contributed by atoms with Crippen LogP contribution in [0.15, 0.2) is 23.1 Å². The van der Waals surface area contributed by atoms with Crippen molar-refractivity contribution < 1.29 is 9.50 Å². The number of aliphatic hydroxyl groups is 1. The van der Waals surface area contributed by atoms with E-state index in [0.717, 1.165) is 35.5 Å². The maximum atomic E-state index is 13.8. The minimum atomic E-state index is -0.655. The molecule has 0 fully saturated rings. The van der Waals surface area contributed by atoms with Crippen LogP contribution in [0.3, 0.4) is 0 Å². The summed E-state index contributed by atoms with van der Waals surface area (Å²) < 4.78 is 13.8. The van der Waals surface area contributed by atoms with Gasteiger partial charge in [-0.25, -0.2) is 4.39 Å². The average molecular weight is 283 g/mol. The van der Waals surface area contributed by atoms with Crippen LogP contribution in [0.5, 0.6) is 0 Å². The smallest absolute Gasteiger partial charge is 0.137 e. The van der Waals surface area contributed by atoms with Gasteiger partial charge >= 0.3 is 0 Å². The van der Waals surface area contributed by atoms with Crippen molar-refractivity contribution in [3.63, 3.8) is 0 Å². The first kappa shape index (κ1) is 14.8. The molecule has 1 aromatic carbocycles. The molecule has 0 radical (unpaired) electrons. The minimum Gasteiger partial charge on any atom is -0.389 e. The zero-order chi connectivity index (χ0) is 13.9. The van der Waals surface area contributed by atoms with E-state index in [1.807, 2.05) is 19.9 Å². The van der Waals surface area contributed by atoms with Crippen molar-refractivity contribution in [1.82, 2.24) is 5.32 Å². The first-order valence-corrected chi connectivity index (χ1v) is 7.95. The molecule has 1 atom stereocenters. The number of fused-ring (bicyclic) bond motifs is 1. The van der Waals surface area contributed by atoms with E-state index in [1.165, 1.54) is 6.07 Å². The Bertz CT molecular complexity index is 434. The molecule has 0 aromatic heterocycles. The summed E-state index contributed by atoms with van der Waals surface area (Å²) in [5.41, 5.74) is 0.378. The Balaban J connectivity index is 2.10. The van der Waals surface area contributed by atoms with E-state index in [0.29, 0.717) is 6.54 Å². The summed E-state index contributed by atoms with van der Waals surface area (Å²) >= 11 is 1.59. The highest BCUT2D eigenvalue weighted by Crippen LogP contribution is 2.37. The normalized spacial score (nSPS) is 19.3. The summed E-state index contributed by atoms with van der Waals surface area (Å²) in [5, 5.41) is 13.7. The van der Waals surface area contributed by atoms with Crippen LogP contribution < -0.4 is 5.32 Å². The molecule has 0 spiro atoms. The third-order valence-electron chi connectivity index (χ3n) is 4.02. The molecule has 0 saturated heterocycles. The summed E-state index contributed by atoms with van der Waals surface area (Å²) in [6, 6.07) is 5.42. The molecule has 1 aliphatic heterocycles. The van der Waals surface area contributed by atoms with Crippen LogP contribution >= 0.6 is 11.8 Å². The van der Waals surface area contributed by atoms with E-state index in [2.05, 4.69) is 5.32 Å². The van der Waals surface area contributed by atoms with E-state index >= 15 is 0 Å². The highest BCUT2D eigenvalue weighted by Gasteiger charge is 2.27. The van der Waals surface area contributed by atoms with Crippen LogP contribution in [0.1, 0.15) is 44.7 Å². The second-order valence-electron chi connectivity index (χ2n) is 5.16. The molecule has 0 amide bonds. The maximum Gasteiger partial charge on any atom is 0.137 e. The van der Waals surface area contributed by atoms with Crippen molar-refractivity contribution in [2.45, 2.75) is 49.6 Å². The molecule has 4 heteroatoms. The first-order chi connectivity index (χ1) is 9.09. The molecular weight excluding hydrogens is 261 g/mol. The lowest BCUT2D eigenvalue weighted by molar-refractivity contribution is 0.0296. The number of benzene rings is 1. The highest BCUT2D eigenvalue weighted by atomic mass is 32.2. The number of rotatable bonds is 5. The van der Waals surface area contributed by atoms with Crippen molar-refractivity contribution in [3.05, 3.63) is 29.6 Å². The van der Waals surface area contributed by atoms with Crippen LogP contribution in [0.25, 0.3) is 0 Å². The van der Waals surface area contributed by atoms with Crippen LogP contribution in [0, 0.1) is 5.82 Å². The molecule has 19 heavy (non-hydrogen) atoms. The van der Waals surface area contributed by atoms with Crippen LogP contribution in [-0.4, -0.2) is 23.0 Å². The third kappa shape index (κ3) is 3.30. The Kier molecular flexibility index (Phi) is 4.87. The Morgan fingerprint density at radius 1 is 1.42 bits per heavy atom. The number of thioether (sulfide) groups is 1. The predicted molar refractivity (Wildman–Crippen MR) is 78.0 cm³/mol. The lowest BCUT2D eigenvalue weighted by atomic mass is 9.96. The summed E-state index contributed by atoms with van der Waals surface area (Å²) in [5.74, 6) is 0.790. The number of hydrogen-bond acceptors (Lipinski definition) is 3. The fourth-order valence-electron chi connectivity index (χ4n) is 2.41. The van der Waals surface area contributed by atoms with Crippen molar-refractivity contribution in [2.75, 3.05) is 12.3 Å². The number of nitrogens with one attached hydrogen (secondary N) is 1. The lowest BCUT2D eigenvalue weighted by Crippen LogP contribution is -2.41. The van der Waals surface area contributed by atoms with Crippen molar-refractivity contribution >= 4 is 11.8 Å². The molecule has 2 rings (SSSR count). The van der Waals surface area contributed by atoms with Gasteiger partial charge < -0.3 is 10.4 Å². The van der Waals surface area contributed by atoms with Gasteiger partial charge in [0.2, 0.25) is 0 Å². The first-order valence-electron chi connectivity index (χ1n) is 6.96. The fraction of sp³-hybridized carbons (Fsp3) is 0.600. The van der Waals surface area contributed by atoms with Gasteiger partial charge in [-0.15, -0.1) is 11.8 Å². The summed E-state index contributed by atoms with van der Waals surface area (Å²) in [6.07, 6.45) is 2.44. The van der Waals surface area contributed by atoms with Gasteiger partial charge in [-0.2, -0.15) is 0 Å². The van der Waals surface area contributed by atoms with Crippen molar-refractivity contribution in [1.29, 1.82) is 0 Å². The molecule has 1 aromatic rings. The Hall–Kier alpha value is -0.580. The van der Waals surface area contributed by atoms with Gasteiger partial charge in [-0.05, 0) is 36.6 Å². The summed E-state index contributed by atoms with van der Waals surface area (Å²) in [4.78, 5) is 0.766. The molecule has 2 N–H and O–H groups in total. The topological polar surface area (TPSA) is 32.3 Å². The molecule has 1 heterocycles. The number of halogens is 1. The SMILES string of the molecule is CCC(O)(CC)CNC1CCSc2c(F)cccc21. The van der Waals surface area contributed by atoms with Gasteiger partial charge in [0, 0.05) is 17.5 Å². The zero-order valence-corrected chi connectivity index (χ0v) is 12.4. The monoisotopic (exact) mass is 283 g/mol. The van der Waals surface area contributed by atoms with E-state index < -0.39 is 5.60 Å². The van der Waals surface area contributed by atoms with Gasteiger partial charge in [0.1, 0.15) is 5.82 Å². The number of hydrogen-bond donors (Lipinski definition) is 2. The standard InChI is InChI=1S/C15H22FNOS/c1-3-15(18,4-2)10-17-13-8-9-19-14-11(13)6-5-7-12(14)16/h5-7,13,17-18H,3-4,8-10H2,1-2H3. The molecule has 0 saturated carbocycles. The Morgan fingerprint density at radius 2 is 2.16 bits per heavy atom. The van der Waals surface area contributed by atoms with E-state index in [4.69, 9.17) is 0 Å². The van der Waals surface area contributed by atoms with Crippen molar-refractivity contribution in [2.24, 2.45) is 0 Å². The Labute approximate surface area is 118 Å². The summed E-state index contributed by atoms with van der Waals surface area (Å²) in [7, 11) is 0. The van der Waals surface area contributed by atoms with Crippen LogP contribution in [0.2, 0.25) is 0 Å². The molecule has 0 bridgehead atoms. The molecule has 2 nitrogen and oxygen atoms in total. The Morgan fingerprint density at radius 3 is 2.84 bits per heavy atom. The van der Waals surface area contributed by atoms with Gasteiger partial charge in [0.25, 0.3) is 0 Å². The van der Waals surface area contributed by atoms with E-state index in [9.17, 15) is 9.50 Å². The fourth-order valence-corrected chi connectivity index (χ4v) is 3.55. The molecular formula is C15H22FNOS. The van der Waals surface area contributed by atoms with Crippen LogP contribution in [0.4, 0.5) is 4.39 Å². The van der Waals surface area contributed by atoms with E-state index in [1.54, 1.807) is 17.8 Å². The van der Waals surface area contributed by atoms with Gasteiger partial charge in [-0.1, -0.05) is 26.0 Å². The predicted octanol–water partition coefficient (Wildman–Crippen LogP) is 3.50. The lowest BCUT2D eigenvalue weighted by Gasteiger charge is -2.31. The largest absolute Gasteiger partial charge is 0.389 e. The van der Waals surface area contributed by atoms with Gasteiger partial charge in [-0.3, -0.25) is 0 Å². The van der Waals surface area contributed by atoms with Gasteiger partial charge in [0.05, 0.1) is 5.60 Å². The van der Waals surface area contributed by atoms with Crippen LogP contribution in [-0.2, 0) is 0 Å². The third-order valence-corrected chi connectivity index (χ3v) is 5.18. The summed E-state index contributed by atoms with van der Waals surface area (Å²) in [6.45, 7) is 4.55. The quantitative estimate of drug-likeness (QED) is 0.867. The molecule has 106 valence electrons. The molecule has 0 aliphatic carbocycles. The maximum absolute atomic E-state index is 13.8. The van der Waals surface area contributed by atoms with Crippen molar-refractivity contribution in [3.8, 4) is 0 Å². The molecule has 1 unspecified atom stereocenters. The average Bonchev–Trinajstić information content (AvgIpc) is 2.45. The van der Waals surface area contributed by atoms with Gasteiger partial charge in [0.15, 0.2) is 0 Å². The minimum absolute atomic E-state index is 0.129. The second-order valence-corrected chi connectivity index (χ2v) is 6.27. The zero-order valence-electron chi connectivity index (χ0n) is 11.6. The van der Waals surface area contributed by atoms with E-state index in [-0.39, 0.29) is 11.9 Å².